The summed E-state index contributed by atoms with van der Waals surface area (Å²) in [5, 5.41) is 0.0971. The van der Waals surface area contributed by atoms with Crippen molar-refractivity contribution in [2.24, 2.45) is 5.92 Å². The van der Waals surface area contributed by atoms with Crippen LogP contribution in [0, 0.1) is 5.92 Å². The Morgan fingerprint density at radius 3 is 1.92 bits per heavy atom. The number of alkyl halides is 1. The summed E-state index contributed by atoms with van der Waals surface area (Å²) in [5.41, 5.74) is 0. The molecule has 0 aliphatic carbocycles. The number of rotatable bonds is 7. The molecule has 0 bridgehead atoms. The van der Waals surface area contributed by atoms with E-state index in [0.29, 0.717) is 19.1 Å². The highest BCUT2D eigenvalue weighted by Gasteiger charge is 2.24. The van der Waals surface area contributed by atoms with Crippen molar-refractivity contribution in [3.05, 3.63) is 0 Å². The maximum atomic E-state index is 6.21. The molecule has 0 aliphatic rings. The van der Waals surface area contributed by atoms with Gasteiger partial charge in [0.15, 0.2) is 0 Å². The predicted molar refractivity (Wildman–Crippen MR) is 59.5 cm³/mol. The molecule has 0 aromatic carbocycles. The maximum Gasteiger partial charge on any atom is 0.339 e. The Labute approximate surface area is 88.4 Å². The van der Waals surface area contributed by atoms with E-state index in [4.69, 9.17) is 20.5 Å². The predicted octanol–water partition coefficient (Wildman–Crippen LogP) is 2.47. The second kappa shape index (κ2) is 7.80. The quantitative estimate of drug-likeness (QED) is 0.489. The second-order valence-electron chi connectivity index (χ2n) is 3.42. The number of hydrogen-bond donors (Lipinski definition) is 0. The smallest absolute Gasteiger partial charge is 0.339 e. The Hall–Kier alpha value is 0.427. The molecule has 0 radical (unpaired) electrons. The van der Waals surface area contributed by atoms with Gasteiger partial charge in [-0.25, -0.2) is 0 Å². The highest BCUT2D eigenvalue weighted by atomic mass is 35.5. The molecule has 0 saturated carbocycles. The van der Waals surface area contributed by atoms with Gasteiger partial charge in [0.25, 0.3) is 0 Å². The van der Waals surface area contributed by atoms with Gasteiger partial charge in [-0.2, -0.15) is 0 Å². The van der Waals surface area contributed by atoms with E-state index in [-0.39, 0.29) is 5.00 Å². The van der Waals surface area contributed by atoms with Crippen LogP contribution in [-0.4, -0.2) is 27.5 Å². The lowest BCUT2D eigenvalue weighted by Gasteiger charge is -2.20. The minimum atomic E-state index is -1.62. The highest BCUT2D eigenvalue weighted by Crippen LogP contribution is 2.15. The van der Waals surface area contributed by atoms with Gasteiger partial charge in [0.1, 0.15) is 0 Å². The van der Waals surface area contributed by atoms with Crippen molar-refractivity contribution in [3.63, 3.8) is 0 Å². The minimum Gasteiger partial charge on any atom is -0.396 e. The van der Waals surface area contributed by atoms with Crippen LogP contribution >= 0.6 is 11.6 Å². The first kappa shape index (κ1) is 13.4. The topological polar surface area (TPSA) is 18.5 Å². The molecule has 0 saturated heterocycles. The van der Waals surface area contributed by atoms with Gasteiger partial charge in [0.05, 0.1) is 5.00 Å². The van der Waals surface area contributed by atoms with Gasteiger partial charge in [0, 0.05) is 13.2 Å². The van der Waals surface area contributed by atoms with Crippen LogP contribution in [0.25, 0.3) is 0 Å². The molecule has 80 valence electrons. The molecule has 1 unspecified atom stereocenters. The molecule has 2 nitrogen and oxygen atoms in total. The third-order valence-electron chi connectivity index (χ3n) is 1.65. The Kier molecular flexibility index (Phi) is 8.05. The SMILES string of the molecule is CCO[SiH](OCC)C(Cl)CC(C)C. The summed E-state index contributed by atoms with van der Waals surface area (Å²) in [7, 11) is -1.62. The van der Waals surface area contributed by atoms with Crippen LogP contribution in [0.15, 0.2) is 0 Å². The van der Waals surface area contributed by atoms with Crippen molar-refractivity contribution in [1.82, 2.24) is 0 Å². The largest absolute Gasteiger partial charge is 0.396 e. The summed E-state index contributed by atoms with van der Waals surface area (Å²) in [4.78, 5) is 0. The first-order valence-electron chi connectivity index (χ1n) is 4.99. The molecule has 0 amide bonds. The van der Waals surface area contributed by atoms with Gasteiger partial charge >= 0.3 is 9.28 Å². The minimum absolute atomic E-state index is 0.0971. The van der Waals surface area contributed by atoms with E-state index in [1.54, 1.807) is 0 Å². The van der Waals surface area contributed by atoms with Crippen LogP contribution in [0.2, 0.25) is 0 Å². The summed E-state index contributed by atoms with van der Waals surface area (Å²) in [6.07, 6.45) is 0.985. The number of hydrogen-bond acceptors (Lipinski definition) is 2. The molecule has 1 atom stereocenters. The highest BCUT2D eigenvalue weighted by molar-refractivity contribution is 6.59. The van der Waals surface area contributed by atoms with Crippen LogP contribution in [-0.2, 0) is 8.85 Å². The molecule has 0 N–H and O–H groups in total. The monoisotopic (exact) mass is 224 g/mol. The van der Waals surface area contributed by atoms with Crippen LogP contribution in [0.5, 0.6) is 0 Å². The average Bonchev–Trinajstić information content (AvgIpc) is 2.02. The van der Waals surface area contributed by atoms with E-state index >= 15 is 0 Å². The first-order valence-corrected chi connectivity index (χ1v) is 7.03. The first-order chi connectivity index (χ1) is 6.11. The normalized spacial score (nSPS) is 14.1. The summed E-state index contributed by atoms with van der Waals surface area (Å²) < 4.78 is 11.1. The maximum absolute atomic E-state index is 6.21. The molecule has 0 fully saturated rings. The Bertz CT molecular complexity index is 116. The van der Waals surface area contributed by atoms with E-state index in [1.807, 2.05) is 13.8 Å². The van der Waals surface area contributed by atoms with E-state index in [9.17, 15) is 0 Å². The Morgan fingerprint density at radius 1 is 1.15 bits per heavy atom. The third kappa shape index (κ3) is 6.49. The summed E-state index contributed by atoms with van der Waals surface area (Å²) >= 11 is 6.21. The van der Waals surface area contributed by atoms with Crippen LogP contribution < -0.4 is 0 Å². The zero-order valence-corrected chi connectivity index (χ0v) is 11.0. The molecule has 0 spiro atoms. The van der Waals surface area contributed by atoms with Gasteiger partial charge in [-0.3, -0.25) is 0 Å². The fourth-order valence-electron chi connectivity index (χ4n) is 1.15. The van der Waals surface area contributed by atoms with E-state index in [1.165, 1.54) is 0 Å². The number of halogens is 1. The fourth-order valence-corrected chi connectivity index (χ4v) is 3.88. The fraction of sp³-hybridized carbons (Fsp3) is 1.00. The zero-order chi connectivity index (χ0) is 10.3. The van der Waals surface area contributed by atoms with Crippen molar-refractivity contribution in [1.29, 1.82) is 0 Å². The van der Waals surface area contributed by atoms with E-state index in [2.05, 4.69) is 13.8 Å². The van der Waals surface area contributed by atoms with Gasteiger partial charge in [-0.15, -0.1) is 11.6 Å². The summed E-state index contributed by atoms with van der Waals surface area (Å²) in [6, 6.07) is 0. The molecular formula is C9H21ClO2Si. The lowest BCUT2D eigenvalue weighted by molar-refractivity contribution is 0.209. The van der Waals surface area contributed by atoms with Crippen LogP contribution in [0.4, 0.5) is 0 Å². The molecule has 0 aromatic heterocycles. The Morgan fingerprint density at radius 2 is 1.62 bits per heavy atom. The van der Waals surface area contributed by atoms with Gasteiger partial charge in [-0.1, -0.05) is 13.8 Å². The van der Waals surface area contributed by atoms with Gasteiger partial charge in [-0.05, 0) is 26.2 Å². The van der Waals surface area contributed by atoms with Crippen LogP contribution in [0.1, 0.15) is 34.1 Å². The standard InChI is InChI=1S/C9H21ClO2Si/c1-5-11-13(12-6-2)9(10)7-8(3)4/h8-9,13H,5-7H2,1-4H3. The van der Waals surface area contributed by atoms with Crippen molar-refractivity contribution >= 4 is 20.9 Å². The van der Waals surface area contributed by atoms with Crippen molar-refractivity contribution in [2.75, 3.05) is 13.2 Å². The van der Waals surface area contributed by atoms with E-state index < -0.39 is 9.28 Å². The lowest BCUT2D eigenvalue weighted by atomic mass is 10.2. The molecule has 0 rings (SSSR count). The molecule has 4 heteroatoms. The molecule has 0 aliphatic heterocycles. The lowest BCUT2D eigenvalue weighted by Crippen LogP contribution is -2.34. The summed E-state index contributed by atoms with van der Waals surface area (Å²) in [5.74, 6) is 0.610. The molecule has 0 aromatic rings. The summed E-state index contributed by atoms with van der Waals surface area (Å²) in [6.45, 7) is 9.71. The molecule has 0 heterocycles. The molecular weight excluding hydrogens is 204 g/mol. The van der Waals surface area contributed by atoms with Crippen LogP contribution in [0.3, 0.4) is 0 Å². The van der Waals surface area contributed by atoms with Crippen molar-refractivity contribution in [2.45, 2.75) is 39.1 Å². The third-order valence-corrected chi connectivity index (χ3v) is 4.64. The molecule has 13 heavy (non-hydrogen) atoms. The van der Waals surface area contributed by atoms with Gasteiger partial charge in [0.2, 0.25) is 0 Å². The Balaban J connectivity index is 3.86. The van der Waals surface area contributed by atoms with Gasteiger partial charge < -0.3 is 8.85 Å². The zero-order valence-electron chi connectivity index (χ0n) is 9.05. The second-order valence-corrected chi connectivity index (χ2v) is 6.62. The van der Waals surface area contributed by atoms with Crippen molar-refractivity contribution in [3.8, 4) is 0 Å². The van der Waals surface area contributed by atoms with E-state index in [0.717, 1.165) is 6.42 Å². The average molecular weight is 225 g/mol. The van der Waals surface area contributed by atoms with Crippen molar-refractivity contribution < 1.29 is 8.85 Å².